The number of carbonyl (C=O) groups is 1. The number of carbonyl (C=O) groups excluding carboxylic acids is 1. The Bertz CT molecular complexity index is 238. The Kier molecular flexibility index (Phi) is 3.01. The Morgan fingerprint density at radius 2 is 1.80 bits per heavy atom. The fraction of sp³-hybridized carbons (Fsp3) is 0.917. The van der Waals surface area contributed by atoms with Crippen molar-refractivity contribution in [1.82, 2.24) is 10.2 Å². The lowest BCUT2D eigenvalue weighted by molar-refractivity contribution is -0.125. The molecule has 0 aromatic carbocycles. The minimum absolute atomic E-state index is 0.113. The van der Waals surface area contributed by atoms with Gasteiger partial charge in [-0.25, -0.2) is 0 Å². The highest BCUT2D eigenvalue weighted by atomic mass is 16.1. The number of hydrogen-bond donors (Lipinski definition) is 1. The van der Waals surface area contributed by atoms with Gasteiger partial charge in [-0.2, -0.15) is 0 Å². The summed E-state index contributed by atoms with van der Waals surface area (Å²) in [4.78, 5) is 14.1. The van der Waals surface area contributed by atoms with Crippen LogP contribution in [0.5, 0.6) is 0 Å². The van der Waals surface area contributed by atoms with Gasteiger partial charge in [0.15, 0.2) is 0 Å². The van der Waals surface area contributed by atoms with E-state index in [9.17, 15) is 4.79 Å². The van der Waals surface area contributed by atoms with Crippen LogP contribution in [-0.2, 0) is 4.79 Å². The highest BCUT2D eigenvalue weighted by Crippen LogP contribution is 2.34. The van der Waals surface area contributed by atoms with E-state index in [0.29, 0.717) is 18.1 Å². The highest BCUT2D eigenvalue weighted by Gasteiger charge is 2.38. The lowest BCUT2D eigenvalue weighted by Crippen LogP contribution is -2.49. The molecule has 1 N–H and O–H groups in total. The summed E-state index contributed by atoms with van der Waals surface area (Å²) in [6.07, 6.45) is 4.92. The summed E-state index contributed by atoms with van der Waals surface area (Å²) in [5, 5.41) is 3.17. The van der Waals surface area contributed by atoms with E-state index in [4.69, 9.17) is 0 Å². The van der Waals surface area contributed by atoms with E-state index in [-0.39, 0.29) is 11.8 Å². The van der Waals surface area contributed by atoms with E-state index in [1.54, 1.807) is 0 Å². The van der Waals surface area contributed by atoms with Crippen LogP contribution >= 0.6 is 0 Å². The summed E-state index contributed by atoms with van der Waals surface area (Å²) >= 11 is 0. The second kappa shape index (κ2) is 4.12. The molecule has 0 aromatic rings. The average molecular weight is 210 g/mol. The van der Waals surface area contributed by atoms with Gasteiger partial charge in [-0.05, 0) is 32.7 Å². The minimum Gasteiger partial charge on any atom is -0.353 e. The Hall–Kier alpha value is -0.570. The molecule has 2 aliphatic rings. The van der Waals surface area contributed by atoms with Gasteiger partial charge in [0, 0.05) is 24.0 Å². The van der Waals surface area contributed by atoms with Crippen LogP contribution in [0, 0.1) is 5.92 Å². The van der Waals surface area contributed by atoms with Crippen molar-refractivity contribution in [3.05, 3.63) is 0 Å². The molecule has 2 bridgehead atoms. The summed E-state index contributed by atoms with van der Waals surface area (Å²) in [7, 11) is 2.23. The van der Waals surface area contributed by atoms with Crippen molar-refractivity contribution in [2.75, 3.05) is 7.05 Å². The van der Waals surface area contributed by atoms with Crippen LogP contribution in [0.4, 0.5) is 0 Å². The van der Waals surface area contributed by atoms with Crippen molar-refractivity contribution in [1.29, 1.82) is 0 Å². The molecule has 2 aliphatic heterocycles. The van der Waals surface area contributed by atoms with Crippen LogP contribution in [0.2, 0.25) is 0 Å². The molecule has 2 heterocycles. The average Bonchev–Trinajstić information content (AvgIpc) is 2.41. The predicted octanol–water partition coefficient (Wildman–Crippen LogP) is 1.38. The van der Waals surface area contributed by atoms with Crippen molar-refractivity contribution in [2.45, 2.75) is 57.7 Å². The fourth-order valence-corrected chi connectivity index (χ4v) is 2.90. The number of amides is 1. The summed E-state index contributed by atoms with van der Waals surface area (Å²) in [5.74, 6) is 0.325. The Labute approximate surface area is 92.2 Å². The minimum atomic E-state index is 0.113. The molecule has 0 spiro atoms. The molecule has 2 atom stereocenters. The van der Waals surface area contributed by atoms with Crippen molar-refractivity contribution in [2.24, 2.45) is 5.92 Å². The van der Waals surface area contributed by atoms with Gasteiger partial charge < -0.3 is 10.2 Å². The Balaban J connectivity index is 1.89. The first-order valence-electron chi connectivity index (χ1n) is 6.10. The fourth-order valence-electron chi connectivity index (χ4n) is 2.90. The van der Waals surface area contributed by atoms with Gasteiger partial charge in [-0.3, -0.25) is 4.79 Å². The number of nitrogens with zero attached hydrogens (tertiary/aromatic N) is 1. The molecule has 0 aliphatic carbocycles. The van der Waals surface area contributed by atoms with Crippen molar-refractivity contribution >= 4 is 5.91 Å². The van der Waals surface area contributed by atoms with Gasteiger partial charge >= 0.3 is 0 Å². The van der Waals surface area contributed by atoms with Crippen LogP contribution < -0.4 is 5.32 Å². The molecule has 2 saturated heterocycles. The maximum atomic E-state index is 11.6. The van der Waals surface area contributed by atoms with Gasteiger partial charge in [0.2, 0.25) is 5.91 Å². The third kappa shape index (κ3) is 2.17. The molecule has 15 heavy (non-hydrogen) atoms. The number of nitrogens with one attached hydrogen (secondary N) is 1. The maximum absolute atomic E-state index is 11.6. The monoisotopic (exact) mass is 210 g/mol. The SMILES string of the molecule is CC(C)C(=O)NC1CC2CCC(C1)N2C. The first-order valence-corrected chi connectivity index (χ1v) is 6.10. The summed E-state index contributed by atoms with van der Waals surface area (Å²) in [6, 6.07) is 1.84. The van der Waals surface area contributed by atoms with E-state index in [2.05, 4.69) is 17.3 Å². The molecule has 0 radical (unpaired) electrons. The zero-order valence-corrected chi connectivity index (χ0v) is 9.99. The molecular formula is C12H22N2O. The standard InChI is InChI=1S/C12H22N2O/c1-8(2)12(15)13-9-6-10-4-5-11(7-9)14(10)3/h8-11H,4-7H2,1-3H3,(H,13,15). The smallest absolute Gasteiger partial charge is 0.222 e. The maximum Gasteiger partial charge on any atom is 0.222 e. The quantitative estimate of drug-likeness (QED) is 0.747. The normalized spacial score (nSPS) is 35.9. The van der Waals surface area contributed by atoms with Crippen LogP contribution in [0.25, 0.3) is 0 Å². The van der Waals surface area contributed by atoms with Gasteiger partial charge in [0.25, 0.3) is 0 Å². The Morgan fingerprint density at radius 3 is 2.27 bits per heavy atom. The molecule has 2 fully saturated rings. The second-order valence-electron chi connectivity index (χ2n) is 5.38. The first-order chi connectivity index (χ1) is 7.08. The molecule has 86 valence electrons. The third-order valence-electron chi connectivity index (χ3n) is 3.97. The van der Waals surface area contributed by atoms with Gasteiger partial charge in [0.1, 0.15) is 0 Å². The zero-order valence-electron chi connectivity index (χ0n) is 9.99. The number of hydrogen-bond acceptors (Lipinski definition) is 2. The van der Waals surface area contributed by atoms with E-state index in [1.807, 2.05) is 13.8 Å². The number of piperidine rings is 1. The summed E-state index contributed by atoms with van der Waals surface area (Å²) in [6.45, 7) is 3.91. The van der Waals surface area contributed by atoms with Crippen LogP contribution in [0.1, 0.15) is 39.5 Å². The third-order valence-corrected chi connectivity index (χ3v) is 3.97. The predicted molar refractivity (Wildman–Crippen MR) is 60.6 cm³/mol. The largest absolute Gasteiger partial charge is 0.353 e. The number of fused-ring (bicyclic) bond motifs is 2. The molecule has 1 amide bonds. The lowest BCUT2D eigenvalue weighted by atomic mass is 9.97. The van der Waals surface area contributed by atoms with E-state index in [1.165, 1.54) is 12.8 Å². The van der Waals surface area contributed by atoms with Gasteiger partial charge in [-0.15, -0.1) is 0 Å². The van der Waals surface area contributed by atoms with Crippen LogP contribution in [-0.4, -0.2) is 36.0 Å². The molecule has 2 unspecified atom stereocenters. The van der Waals surface area contributed by atoms with Crippen molar-refractivity contribution in [3.8, 4) is 0 Å². The lowest BCUT2D eigenvalue weighted by Gasteiger charge is -2.36. The second-order valence-corrected chi connectivity index (χ2v) is 5.38. The first kappa shape index (κ1) is 10.9. The van der Waals surface area contributed by atoms with Crippen molar-refractivity contribution < 1.29 is 4.79 Å². The zero-order chi connectivity index (χ0) is 11.0. The highest BCUT2D eigenvalue weighted by molar-refractivity contribution is 5.78. The van der Waals surface area contributed by atoms with Gasteiger partial charge in [0.05, 0.1) is 0 Å². The van der Waals surface area contributed by atoms with E-state index in [0.717, 1.165) is 12.8 Å². The molecule has 3 heteroatoms. The van der Waals surface area contributed by atoms with Crippen LogP contribution in [0.3, 0.4) is 0 Å². The molecular weight excluding hydrogens is 188 g/mol. The molecule has 2 rings (SSSR count). The summed E-state index contributed by atoms with van der Waals surface area (Å²) < 4.78 is 0. The van der Waals surface area contributed by atoms with Crippen LogP contribution in [0.15, 0.2) is 0 Å². The Morgan fingerprint density at radius 1 is 1.27 bits per heavy atom. The topological polar surface area (TPSA) is 32.3 Å². The van der Waals surface area contributed by atoms with E-state index < -0.39 is 0 Å². The van der Waals surface area contributed by atoms with E-state index >= 15 is 0 Å². The molecule has 3 nitrogen and oxygen atoms in total. The molecule has 0 saturated carbocycles. The summed E-state index contributed by atoms with van der Waals surface area (Å²) in [5.41, 5.74) is 0. The number of rotatable bonds is 2. The van der Waals surface area contributed by atoms with Crippen molar-refractivity contribution in [3.63, 3.8) is 0 Å². The van der Waals surface area contributed by atoms with Gasteiger partial charge in [-0.1, -0.05) is 13.8 Å². The molecule has 0 aromatic heterocycles.